The van der Waals surface area contributed by atoms with Crippen molar-refractivity contribution in [1.29, 1.82) is 0 Å². The van der Waals surface area contributed by atoms with E-state index in [1.54, 1.807) is 12.3 Å². The van der Waals surface area contributed by atoms with E-state index in [0.717, 1.165) is 0 Å². The highest BCUT2D eigenvalue weighted by atomic mass is 32.1. The molecule has 0 atom stereocenters. The number of anilines is 1. The lowest BCUT2D eigenvalue weighted by Gasteiger charge is -2.06. The molecule has 0 aliphatic carbocycles. The summed E-state index contributed by atoms with van der Waals surface area (Å²) < 4.78 is 12.9. The largest absolute Gasteiger partial charge is 0.325 e. The van der Waals surface area contributed by atoms with Crippen molar-refractivity contribution in [3.63, 3.8) is 0 Å². The smallest absolute Gasteiger partial charge is 0.275 e. The average molecular weight is 265 g/mol. The van der Waals surface area contributed by atoms with Crippen molar-refractivity contribution in [1.82, 2.24) is 4.98 Å². The molecule has 0 aliphatic heterocycles. The summed E-state index contributed by atoms with van der Waals surface area (Å²) >= 11 is 1.34. The van der Waals surface area contributed by atoms with Crippen LogP contribution in [0.25, 0.3) is 0 Å². The van der Waals surface area contributed by atoms with Crippen molar-refractivity contribution in [2.75, 3.05) is 5.32 Å². The van der Waals surface area contributed by atoms with E-state index in [-0.39, 0.29) is 11.7 Å². The van der Waals surface area contributed by atoms with Crippen LogP contribution in [0.2, 0.25) is 0 Å². The number of aryl methyl sites for hydroxylation is 1. The third kappa shape index (κ3) is 2.72. The van der Waals surface area contributed by atoms with Crippen LogP contribution in [0.5, 0.6) is 0 Å². The first-order chi connectivity index (χ1) is 8.60. The zero-order valence-corrected chi connectivity index (χ0v) is 10.6. The van der Waals surface area contributed by atoms with E-state index in [4.69, 9.17) is 5.73 Å². The molecule has 1 aromatic carbocycles. The second-order valence-corrected chi connectivity index (χ2v) is 4.69. The molecule has 3 N–H and O–H groups in total. The summed E-state index contributed by atoms with van der Waals surface area (Å²) in [5.74, 6) is -0.648. The number of nitrogens with two attached hydrogens (primary N) is 1. The van der Waals surface area contributed by atoms with E-state index in [2.05, 4.69) is 10.3 Å². The van der Waals surface area contributed by atoms with E-state index < -0.39 is 0 Å². The van der Waals surface area contributed by atoms with Crippen molar-refractivity contribution < 1.29 is 9.18 Å². The number of halogens is 1. The van der Waals surface area contributed by atoms with Gasteiger partial charge < -0.3 is 11.1 Å². The monoisotopic (exact) mass is 265 g/mol. The summed E-state index contributed by atoms with van der Waals surface area (Å²) in [7, 11) is 0. The van der Waals surface area contributed by atoms with Crippen LogP contribution in [0.15, 0.2) is 23.6 Å². The molecule has 1 aromatic heterocycles. The van der Waals surface area contributed by atoms with Crippen LogP contribution in [0, 0.1) is 12.7 Å². The van der Waals surface area contributed by atoms with Gasteiger partial charge in [0.2, 0.25) is 0 Å². The van der Waals surface area contributed by atoms with Gasteiger partial charge in [-0.1, -0.05) is 0 Å². The fourth-order valence-electron chi connectivity index (χ4n) is 1.46. The van der Waals surface area contributed by atoms with Gasteiger partial charge in [-0.05, 0) is 30.7 Å². The van der Waals surface area contributed by atoms with Crippen molar-refractivity contribution in [2.24, 2.45) is 5.73 Å². The first-order valence-corrected chi connectivity index (χ1v) is 6.20. The van der Waals surface area contributed by atoms with Gasteiger partial charge in [-0.15, -0.1) is 11.3 Å². The molecule has 4 nitrogen and oxygen atoms in total. The van der Waals surface area contributed by atoms with Gasteiger partial charge in [-0.25, -0.2) is 9.37 Å². The first kappa shape index (κ1) is 12.7. The number of hydrogen-bond donors (Lipinski definition) is 2. The topological polar surface area (TPSA) is 68.0 Å². The van der Waals surface area contributed by atoms with Gasteiger partial charge in [-0.3, -0.25) is 4.79 Å². The molecular formula is C12H12FN3OS. The van der Waals surface area contributed by atoms with Crippen LogP contribution >= 0.6 is 11.3 Å². The first-order valence-electron chi connectivity index (χ1n) is 5.32. The van der Waals surface area contributed by atoms with Crippen LogP contribution in [-0.2, 0) is 6.54 Å². The molecule has 2 rings (SSSR count). The van der Waals surface area contributed by atoms with Crippen molar-refractivity contribution in [3.05, 3.63) is 45.7 Å². The molecule has 94 valence electrons. The molecule has 0 bridgehead atoms. The fraction of sp³-hybridized carbons (Fsp3) is 0.167. The van der Waals surface area contributed by atoms with Gasteiger partial charge in [0.1, 0.15) is 16.5 Å². The number of nitrogens with zero attached hydrogens (tertiary/aromatic N) is 1. The molecule has 1 amide bonds. The van der Waals surface area contributed by atoms with Crippen LogP contribution < -0.4 is 11.1 Å². The molecular weight excluding hydrogens is 253 g/mol. The number of nitrogens with one attached hydrogen (secondary N) is 1. The van der Waals surface area contributed by atoms with Gasteiger partial charge in [0, 0.05) is 17.6 Å². The lowest BCUT2D eigenvalue weighted by molar-refractivity contribution is 0.102. The second kappa shape index (κ2) is 5.24. The molecule has 2 aromatic rings. The molecule has 0 radical (unpaired) electrons. The summed E-state index contributed by atoms with van der Waals surface area (Å²) in [4.78, 5) is 16.0. The third-order valence-electron chi connectivity index (χ3n) is 2.40. The molecule has 1 heterocycles. The molecule has 0 unspecified atom stereocenters. The zero-order chi connectivity index (χ0) is 13.1. The summed E-state index contributed by atoms with van der Waals surface area (Å²) in [6, 6.07) is 4.19. The molecule has 6 heteroatoms. The minimum atomic E-state index is -0.329. The Balaban J connectivity index is 2.16. The average Bonchev–Trinajstić information content (AvgIpc) is 2.81. The van der Waals surface area contributed by atoms with E-state index in [0.29, 0.717) is 28.5 Å². The Morgan fingerprint density at radius 3 is 2.94 bits per heavy atom. The Bertz CT molecular complexity index is 582. The maximum atomic E-state index is 12.9. The van der Waals surface area contributed by atoms with Gasteiger partial charge in [-0.2, -0.15) is 0 Å². The van der Waals surface area contributed by atoms with Gasteiger partial charge in [0.25, 0.3) is 5.91 Å². The Kier molecular flexibility index (Phi) is 3.69. The SMILES string of the molecule is Cc1cc(F)ccc1NC(=O)c1csc(CN)n1. The Hall–Kier alpha value is -1.79. The van der Waals surface area contributed by atoms with Gasteiger partial charge in [0.05, 0.1) is 0 Å². The lowest BCUT2D eigenvalue weighted by Crippen LogP contribution is -2.13. The molecule has 0 saturated heterocycles. The predicted molar refractivity (Wildman–Crippen MR) is 69.1 cm³/mol. The number of thiazole rings is 1. The van der Waals surface area contributed by atoms with Crippen molar-refractivity contribution in [3.8, 4) is 0 Å². The van der Waals surface area contributed by atoms with E-state index >= 15 is 0 Å². The lowest BCUT2D eigenvalue weighted by atomic mass is 10.2. The molecule has 0 aliphatic rings. The molecule has 0 saturated carbocycles. The van der Waals surface area contributed by atoms with E-state index in [1.165, 1.54) is 29.5 Å². The normalized spacial score (nSPS) is 10.4. The highest BCUT2D eigenvalue weighted by molar-refractivity contribution is 7.09. The third-order valence-corrected chi connectivity index (χ3v) is 3.27. The summed E-state index contributed by atoms with van der Waals surface area (Å²) in [5, 5.41) is 5.04. The number of carbonyl (C=O) groups is 1. The number of carbonyl (C=O) groups excluding carboxylic acids is 1. The van der Waals surface area contributed by atoms with Crippen molar-refractivity contribution >= 4 is 22.9 Å². The van der Waals surface area contributed by atoms with Crippen LogP contribution in [0.3, 0.4) is 0 Å². The standard InChI is InChI=1S/C12H12FN3OS/c1-7-4-8(13)2-3-9(7)16-12(17)10-6-18-11(5-14)15-10/h2-4,6H,5,14H2,1H3,(H,16,17). The Morgan fingerprint density at radius 2 is 2.33 bits per heavy atom. The zero-order valence-electron chi connectivity index (χ0n) is 9.74. The maximum absolute atomic E-state index is 12.9. The maximum Gasteiger partial charge on any atom is 0.275 e. The quantitative estimate of drug-likeness (QED) is 0.894. The number of hydrogen-bond acceptors (Lipinski definition) is 4. The summed E-state index contributed by atoms with van der Waals surface area (Å²) in [6.45, 7) is 2.04. The number of rotatable bonds is 3. The second-order valence-electron chi connectivity index (χ2n) is 3.74. The van der Waals surface area contributed by atoms with Gasteiger partial charge in [0.15, 0.2) is 0 Å². The van der Waals surface area contributed by atoms with E-state index in [9.17, 15) is 9.18 Å². The summed E-state index contributed by atoms with van der Waals surface area (Å²) in [6.07, 6.45) is 0. The highest BCUT2D eigenvalue weighted by Gasteiger charge is 2.11. The minimum absolute atomic E-state index is 0.313. The summed E-state index contributed by atoms with van der Waals surface area (Å²) in [5.41, 5.74) is 6.99. The fourth-order valence-corrected chi connectivity index (χ4v) is 2.12. The predicted octanol–water partition coefficient (Wildman–Crippen LogP) is 2.30. The molecule has 18 heavy (non-hydrogen) atoms. The minimum Gasteiger partial charge on any atom is -0.325 e. The van der Waals surface area contributed by atoms with Crippen molar-refractivity contribution in [2.45, 2.75) is 13.5 Å². The van der Waals surface area contributed by atoms with Crippen LogP contribution in [-0.4, -0.2) is 10.9 Å². The van der Waals surface area contributed by atoms with Crippen LogP contribution in [0.1, 0.15) is 21.1 Å². The highest BCUT2D eigenvalue weighted by Crippen LogP contribution is 2.17. The molecule has 0 fully saturated rings. The number of benzene rings is 1. The number of aromatic nitrogens is 1. The van der Waals surface area contributed by atoms with Gasteiger partial charge >= 0.3 is 0 Å². The Labute approximate surface area is 108 Å². The molecule has 0 spiro atoms. The van der Waals surface area contributed by atoms with Crippen LogP contribution in [0.4, 0.5) is 10.1 Å². The van der Waals surface area contributed by atoms with E-state index in [1.807, 2.05) is 0 Å². The Morgan fingerprint density at radius 1 is 1.56 bits per heavy atom. The number of amides is 1.